The van der Waals surface area contributed by atoms with Crippen LogP contribution in [0.25, 0.3) is 33.4 Å². The van der Waals surface area contributed by atoms with E-state index in [2.05, 4.69) is 0 Å². The Hall–Kier alpha value is -4.44. The van der Waals surface area contributed by atoms with Crippen LogP contribution >= 0.6 is 0 Å². The first-order chi connectivity index (χ1) is 17.0. The van der Waals surface area contributed by atoms with Gasteiger partial charge in [0.2, 0.25) is 11.2 Å². The first-order valence-electron chi connectivity index (χ1n) is 11.5. The number of aryl methyl sites for hydroxylation is 2. The van der Waals surface area contributed by atoms with Crippen LogP contribution in [0.15, 0.2) is 106 Å². The van der Waals surface area contributed by atoms with Gasteiger partial charge in [-0.3, -0.25) is 9.59 Å². The molecular weight excluding hydrogens is 436 g/mol. The van der Waals surface area contributed by atoms with Crippen molar-refractivity contribution in [2.24, 2.45) is 0 Å². The van der Waals surface area contributed by atoms with Crippen molar-refractivity contribution in [1.29, 1.82) is 0 Å². The zero-order valence-corrected chi connectivity index (χ0v) is 19.6. The predicted octanol–water partition coefficient (Wildman–Crippen LogP) is 7.01. The molecule has 0 aliphatic heterocycles. The molecule has 5 aromatic rings. The van der Waals surface area contributed by atoms with Crippen molar-refractivity contribution in [2.45, 2.75) is 13.8 Å². The molecule has 0 atom stereocenters. The van der Waals surface area contributed by atoms with Crippen LogP contribution in [0, 0.1) is 13.8 Å². The molecular formula is C31H24O4. The van der Waals surface area contributed by atoms with Crippen molar-refractivity contribution in [2.75, 3.05) is 6.61 Å². The van der Waals surface area contributed by atoms with Crippen molar-refractivity contribution in [3.63, 3.8) is 0 Å². The second kappa shape index (κ2) is 9.43. The number of benzene rings is 4. The molecule has 172 valence electrons. The van der Waals surface area contributed by atoms with Crippen molar-refractivity contribution in [3.05, 3.63) is 124 Å². The van der Waals surface area contributed by atoms with E-state index in [-0.39, 0.29) is 23.6 Å². The number of rotatable bonds is 6. The number of hydrogen-bond acceptors (Lipinski definition) is 4. The molecule has 0 aliphatic carbocycles. The molecule has 0 radical (unpaired) electrons. The van der Waals surface area contributed by atoms with E-state index in [4.69, 9.17) is 9.15 Å². The van der Waals surface area contributed by atoms with E-state index in [0.29, 0.717) is 27.9 Å². The topological polar surface area (TPSA) is 56.5 Å². The van der Waals surface area contributed by atoms with Crippen LogP contribution < -0.4 is 10.2 Å². The summed E-state index contributed by atoms with van der Waals surface area (Å²) < 4.78 is 12.0. The first-order valence-corrected chi connectivity index (χ1v) is 11.5. The van der Waals surface area contributed by atoms with Crippen molar-refractivity contribution in [1.82, 2.24) is 0 Å². The van der Waals surface area contributed by atoms with Gasteiger partial charge in [0.25, 0.3) is 0 Å². The molecule has 0 amide bonds. The molecule has 35 heavy (non-hydrogen) atoms. The van der Waals surface area contributed by atoms with E-state index in [0.717, 1.165) is 22.3 Å². The summed E-state index contributed by atoms with van der Waals surface area (Å²) in [6.07, 6.45) is 0. The smallest absolute Gasteiger partial charge is 0.235 e. The minimum Gasteiger partial charge on any atom is -0.478 e. The van der Waals surface area contributed by atoms with E-state index in [1.54, 1.807) is 18.2 Å². The van der Waals surface area contributed by atoms with Gasteiger partial charge in [0.05, 0.1) is 5.39 Å². The highest BCUT2D eigenvalue weighted by molar-refractivity contribution is 5.97. The molecule has 0 saturated heterocycles. The van der Waals surface area contributed by atoms with Crippen LogP contribution in [0.5, 0.6) is 5.75 Å². The van der Waals surface area contributed by atoms with Crippen LogP contribution in [0.4, 0.5) is 0 Å². The fraction of sp³-hybridized carbons (Fsp3) is 0.0968. The number of carbonyl (C=O) groups excluding carboxylic acids is 1. The normalized spacial score (nSPS) is 10.9. The van der Waals surface area contributed by atoms with Crippen LogP contribution in [-0.4, -0.2) is 12.4 Å². The highest BCUT2D eigenvalue weighted by atomic mass is 16.5. The lowest BCUT2D eigenvalue weighted by Gasteiger charge is -2.12. The fourth-order valence-corrected chi connectivity index (χ4v) is 4.01. The Morgan fingerprint density at radius 2 is 1.37 bits per heavy atom. The largest absolute Gasteiger partial charge is 0.478 e. The van der Waals surface area contributed by atoms with Crippen LogP contribution in [0.3, 0.4) is 0 Å². The maximum Gasteiger partial charge on any atom is 0.235 e. The second-order valence-corrected chi connectivity index (χ2v) is 8.61. The number of carbonyl (C=O) groups is 1. The molecule has 0 unspecified atom stereocenters. The molecule has 4 nitrogen and oxygen atoms in total. The second-order valence-electron chi connectivity index (χ2n) is 8.61. The van der Waals surface area contributed by atoms with Gasteiger partial charge in [-0.1, -0.05) is 90.5 Å². The monoisotopic (exact) mass is 460 g/mol. The predicted molar refractivity (Wildman–Crippen MR) is 139 cm³/mol. The van der Waals surface area contributed by atoms with Gasteiger partial charge in [-0.05, 0) is 42.7 Å². The SMILES string of the molecule is Cc1ccc(-c2oc3cc(C)ccc3c(=O)c2OCC(=O)c2ccc(-c3ccccc3)cc2)cc1. The highest BCUT2D eigenvalue weighted by Gasteiger charge is 2.19. The third-order valence-corrected chi connectivity index (χ3v) is 5.98. The third kappa shape index (κ3) is 4.64. The number of Topliss-reactive ketones (excluding diaryl/α,β-unsaturated/α-hetero) is 1. The molecule has 4 aromatic carbocycles. The maximum absolute atomic E-state index is 13.4. The fourth-order valence-electron chi connectivity index (χ4n) is 4.01. The van der Waals surface area contributed by atoms with Crippen molar-refractivity contribution >= 4 is 16.8 Å². The summed E-state index contributed by atoms with van der Waals surface area (Å²) in [7, 11) is 0. The molecule has 0 bridgehead atoms. The Balaban J connectivity index is 1.46. The quantitative estimate of drug-likeness (QED) is 0.256. The van der Waals surface area contributed by atoms with Gasteiger partial charge in [-0.15, -0.1) is 0 Å². The Kier molecular flexibility index (Phi) is 6.02. The Morgan fingerprint density at radius 1 is 0.743 bits per heavy atom. The van der Waals surface area contributed by atoms with Gasteiger partial charge in [0, 0.05) is 11.1 Å². The third-order valence-electron chi connectivity index (χ3n) is 5.98. The summed E-state index contributed by atoms with van der Waals surface area (Å²) in [5.74, 6) is 0.141. The Bertz CT molecular complexity index is 1560. The lowest BCUT2D eigenvalue weighted by molar-refractivity contribution is 0.0920. The lowest BCUT2D eigenvalue weighted by Crippen LogP contribution is -2.17. The Morgan fingerprint density at radius 3 is 2.09 bits per heavy atom. The van der Waals surface area contributed by atoms with Gasteiger partial charge in [-0.2, -0.15) is 0 Å². The van der Waals surface area contributed by atoms with Gasteiger partial charge < -0.3 is 9.15 Å². The maximum atomic E-state index is 13.4. The first kappa shape index (κ1) is 22.4. The number of hydrogen-bond donors (Lipinski definition) is 0. The van der Waals surface area contributed by atoms with Crippen LogP contribution in [0.1, 0.15) is 21.5 Å². The summed E-state index contributed by atoms with van der Waals surface area (Å²) in [6.45, 7) is 3.66. The minimum atomic E-state index is -0.297. The highest BCUT2D eigenvalue weighted by Crippen LogP contribution is 2.31. The van der Waals surface area contributed by atoms with E-state index in [9.17, 15) is 9.59 Å². The molecule has 1 heterocycles. The molecule has 0 spiro atoms. The van der Waals surface area contributed by atoms with Gasteiger partial charge >= 0.3 is 0 Å². The molecule has 5 rings (SSSR count). The lowest BCUT2D eigenvalue weighted by atomic mass is 10.0. The molecule has 4 heteroatoms. The number of fused-ring (bicyclic) bond motifs is 1. The van der Waals surface area contributed by atoms with Gasteiger partial charge in [0.1, 0.15) is 5.58 Å². The average Bonchev–Trinajstić information content (AvgIpc) is 2.89. The molecule has 0 fully saturated rings. The zero-order valence-electron chi connectivity index (χ0n) is 19.6. The average molecular weight is 461 g/mol. The molecule has 0 N–H and O–H groups in total. The van der Waals surface area contributed by atoms with Crippen LogP contribution in [0.2, 0.25) is 0 Å². The van der Waals surface area contributed by atoms with E-state index < -0.39 is 0 Å². The molecule has 0 aliphatic rings. The Labute approximate surface area is 203 Å². The summed E-state index contributed by atoms with van der Waals surface area (Å²) in [5, 5.41) is 0.418. The summed E-state index contributed by atoms with van der Waals surface area (Å²) in [5.41, 5.74) is 5.59. The van der Waals surface area contributed by atoms with Crippen LogP contribution in [-0.2, 0) is 0 Å². The summed E-state index contributed by atoms with van der Waals surface area (Å²) in [4.78, 5) is 26.3. The summed E-state index contributed by atoms with van der Waals surface area (Å²) >= 11 is 0. The van der Waals surface area contributed by atoms with E-state index >= 15 is 0 Å². The van der Waals surface area contributed by atoms with E-state index in [1.807, 2.05) is 92.7 Å². The zero-order chi connectivity index (χ0) is 24.4. The molecule has 1 aromatic heterocycles. The standard InChI is InChI=1S/C31H24O4/c1-20-8-11-25(12-9-20)30-31(29(33)26-17-10-21(2)18-28(26)35-30)34-19-27(32)24-15-13-23(14-16-24)22-6-4-3-5-7-22/h3-18H,19H2,1-2H3. The van der Waals surface area contributed by atoms with Gasteiger partial charge in [-0.25, -0.2) is 0 Å². The van der Waals surface area contributed by atoms with Gasteiger partial charge in [0.15, 0.2) is 18.2 Å². The van der Waals surface area contributed by atoms with Crippen molar-refractivity contribution < 1.29 is 13.9 Å². The minimum absolute atomic E-state index is 0.0412. The number of ketones is 1. The summed E-state index contributed by atoms with van der Waals surface area (Å²) in [6, 6.07) is 30.4. The van der Waals surface area contributed by atoms with E-state index in [1.165, 1.54) is 0 Å². The van der Waals surface area contributed by atoms with Crippen molar-refractivity contribution in [3.8, 4) is 28.2 Å². The number of ether oxygens (including phenoxy) is 1. The molecule has 0 saturated carbocycles.